The van der Waals surface area contributed by atoms with E-state index in [4.69, 9.17) is 5.26 Å². The van der Waals surface area contributed by atoms with E-state index in [0.717, 1.165) is 6.07 Å². The summed E-state index contributed by atoms with van der Waals surface area (Å²) >= 11 is 0. The summed E-state index contributed by atoms with van der Waals surface area (Å²) in [6, 6.07) is 5.26. The number of nitriles is 1. The summed E-state index contributed by atoms with van der Waals surface area (Å²) in [6.45, 7) is 6.86. The van der Waals surface area contributed by atoms with E-state index >= 15 is 0 Å². The number of aromatic nitrogens is 1. The predicted molar refractivity (Wildman–Crippen MR) is 101 cm³/mol. The zero-order valence-electron chi connectivity index (χ0n) is 16.3. The van der Waals surface area contributed by atoms with Crippen LogP contribution in [0.15, 0.2) is 24.4 Å². The number of hydrogen-bond acceptors (Lipinski definition) is 4. The molecule has 0 aliphatic carbocycles. The van der Waals surface area contributed by atoms with Crippen molar-refractivity contribution in [3.8, 4) is 6.07 Å². The van der Waals surface area contributed by atoms with Gasteiger partial charge in [-0.05, 0) is 51.5 Å². The smallest absolute Gasteiger partial charge is 0.294 e. The van der Waals surface area contributed by atoms with Crippen molar-refractivity contribution in [2.24, 2.45) is 7.05 Å². The van der Waals surface area contributed by atoms with E-state index in [9.17, 15) is 18.8 Å². The first kappa shape index (κ1) is 20.8. The fraction of sp³-hybridized carbons (Fsp3) is 0.300. The van der Waals surface area contributed by atoms with Crippen LogP contribution < -0.4 is 10.6 Å². The van der Waals surface area contributed by atoms with Crippen LogP contribution in [-0.4, -0.2) is 27.7 Å². The molecule has 7 nitrogen and oxygen atoms in total. The van der Waals surface area contributed by atoms with E-state index in [1.54, 1.807) is 47.0 Å². The zero-order chi connectivity index (χ0) is 21.2. The van der Waals surface area contributed by atoms with Gasteiger partial charge in [-0.25, -0.2) is 4.39 Å². The van der Waals surface area contributed by atoms with Crippen LogP contribution >= 0.6 is 0 Å². The third-order valence-electron chi connectivity index (χ3n) is 3.85. The van der Waals surface area contributed by atoms with Gasteiger partial charge in [0.2, 0.25) is 0 Å². The number of hydrogen-bond donors (Lipinski definition) is 2. The van der Waals surface area contributed by atoms with Gasteiger partial charge in [-0.15, -0.1) is 0 Å². The minimum atomic E-state index is -0.840. The Hall–Kier alpha value is -3.47. The monoisotopic (exact) mass is 384 g/mol. The molecule has 0 fully saturated rings. The molecule has 0 spiro atoms. The van der Waals surface area contributed by atoms with E-state index in [0.29, 0.717) is 5.56 Å². The summed E-state index contributed by atoms with van der Waals surface area (Å²) in [6.07, 6.45) is 1.57. The molecular weight excluding hydrogens is 363 g/mol. The first-order valence-electron chi connectivity index (χ1n) is 8.48. The standard InChI is InChI=1S/C20H21FN4O3/c1-11-10-25(5)16(17(26)19(28)24-20(2,3)4)15(11)18(27)23-13-6-7-14(21)12(8-13)9-22/h6-8,10H,1-5H3,(H,23,27)(H,24,28). The molecule has 0 saturated carbocycles. The summed E-state index contributed by atoms with van der Waals surface area (Å²) in [7, 11) is 1.56. The molecule has 8 heteroatoms. The first-order valence-corrected chi connectivity index (χ1v) is 8.48. The lowest BCUT2D eigenvalue weighted by Crippen LogP contribution is -2.44. The van der Waals surface area contributed by atoms with Gasteiger partial charge in [0.25, 0.3) is 17.6 Å². The van der Waals surface area contributed by atoms with Gasteiger partial charge in [-0.3, -0.25) is 14.4 Å². The Kier molecular flexibility index (Phi) is 5.69. The second-order valence-electron chi connectivity index (χ2n) is 7.44. The Bertz CT molecular complexity index is 1010. The quantitative estimate of drug-likeness (QED) is 0.625. The predicted octanol–water partition coefficient (Wildman–Crippen LogP) is 2.69. The van der Waals surface area contributed by atoms with Crippen molar-refractivity contribution in [3.63, 3.8) is 0 Å². The van der Waals surface area contributed by atoms with Gasteiger partial charge in [0.1, 0.15) is 17.6 Å². The SMILES string of the molecule is Cc1cn(C)c(C(=O)C(=O)NC(C)(C)C)c1C(=O)Nc1ccc(F)c(C#N)c1. The Morgan fingerprint density at radius 1 is 1.21 bits per heavy atom. The maximum atomic E-state index is 13.5. The van der Waals surface area contributed by atoms with Gasteiger partial charge >= 0.3 is 0 Å². The number of amides is 2. The van der Waals surface area contributed by atoms with Crippen molar-refractivity contribution in [2.75, 3.05) is 5.32 Å². The lowest BCUT2D eigenvalue weighted by molar-refractivity contribution is -0.118. The average molecular weight is 384 g/mol. The topological polar surface area (TPSA) is 104 Å². The molecule has 1 aromatic heterocycles. The minimum Gasteiger partial charge on any atom is -0.347 e. The molecule has 0 saturated heterocycles. The molecule has 28 heavy (non-hydrogen) atoms. The highest BCUT2D eigenvalue weighted by Crippen LogP contribution is 2.21. The average Bonchev–Trinajstić information content (AvgIpc) is 2.88. The number of benzene rings is 1. The Morgan fingerprint density at radius 3 is 2.43 bits per heavy atom. The van der Waals surface area contributed by atoms with Gasteiger partial charge in [0.05, 0.1) is 11.1 Å². The third kappa shape index (κ3) is 4.43. The van der Waals surface area contributed by atoms with Crippen LogP contribution in [0, 0.1) is 24.1 Å². The lowest BCUT2D eigenvalue weighted by Gasteiger charge is -2.20. The van der Waals surface area contributed by atoms with Crippen molar-refractivity contribution in [1.82, 2.24) is 9.88 Å². The second kappa shape index (κ2) is 7.64. The molecule has 2 rings (SSSR count). The van der Waals surface area contributed by atoms with E-state index in [1.165, 1.54) is 16.7 Å². The van der Waals surface area contributed by atoms with Crippen molar-refractivity contribution in [1.29, 1.82) is 5.26 Å². The largest absolute Gasteiger partial charge is 0.347 e. The molecule has 0 unspecified atom stereocenters. The Labute approximate surface area is 162 Å². The number of ketones is 1. The maximum Gasteiger partial charge on any atom is 0.294 e. The van der Waals surface area contributed by atoms with E-state index < -0.39 is 29.0 Å². The molecule has 1 aromatic carbocycles. The minimum absolute atomic E-state index is 0.0411. The third-order valence-corrected chi connectivity index (χ3v) is 3.85. The van der Waals surface area contributed by atoms with E-state index in [2.05, 4.69) is 10.6 Å². The van der Waals surface area contributed by atoms with Gasteiger partial charge in [0.15, 0.2) is 0 Å². The highest BCUT2D eigenvalue weighted by atomic mass is 19.1. The fourth-order valence-corrected chi connectivity index (χ4v) is 2.73. The number of aryl methyl sites for hydroxylation is 2. The van der Waals surface area contributed by atoms with Gasteiger partial charge < -0.3 is 15.2 Å². The molecule has 0 radical (unpaired) electrons. The summed E-state index contributed by atoms with van der Waals surface area (Å²) in [5.41, 5.74) is -0.155. The number of nitrogens with zero attached hydrogens (tertiary/aromatic N) is 2. The van der Waals surface area contributed by atoms with Gasteiger partial charge in [-0.1, -0.05) is 0 Å². The van der Waals surface area contributed by atoms with Crippen LogP contribution in [0.2, 0.25) is 0 Å². The number of carbonyl (C=O) groups is 3. The van der Waals surface area contributed by atoms with Crippen molar-refractivity contribution in [3.05, 3.63) is 52.6 Å². The summed E-state index contributed by atoms with van der Waals surface area (Å²) in [4.78, 5) is 37.7. The lowest BCUT2D eigenvalue weighted by atomic mass is 10.1. The number of halogens is 1. The van der Waals surface area contributed by atoms with Crippen molar-refractivity contribution in [2.45, 2.75) is 33.2 Å². The summed E-state index contributed by atoms with van der Waals surface area (Å²) in [5.74, 6) is -3.00. The molecule has 146 valence electrons. The van der Waals surface area contributed by atoms with Crippen LogP contribution in [0.1, 0.15) is 52.7 Å². The summed E-state index contributed by atoms with van der Waals surface area (Å²) in [5, 5.41) is 14.0. The van der Waals surface area contributed by atoms with Crippen LogP contribution in [0.3, 0.4) is 0 Å². The Balaban J connectivity index is 2.39. The Morgan fingerprint density at radius 2 is 1.86 bits per heavy atom. The number of anilines is 1. The van der Waals surface area contributed by atoms with Crippen LogP contribution in [0.5, 0.6) is 0 Å². The highest BCUT2D eigenvalue weighted by Gasteiger charge is 2.30. The molecule has 0 atom stereocenters. The zero-order valence-corrected chi connectivity index (χ0v) is 16.3. The summed E-state index contributed by atoms with van der Waals surface area (Å²) < 4.78 is 14.9. The highest BCUT2D eigenvalue weighted by molar-refractivity contribution is 6.44. The number of carbonyl (C=O) groups excluding carboxylic acids is 3. The van der Waals surface area contributed by atoms with Gasteiger partial charge in [-0.2, -0.15) is 5.26 Å². The second-order valence-corrected chi connectivity index (χ2v) is 7.44. The maximum absolute atomic E-state index is 13.5. The molecule has 2 aromatic rings. The van der Waals surface area contributed by atoms with Crippen LogP contribution in [0.4, 0.5) is 10.1 Å². The molecule has 2 N–H and O–H groups in total. The molecule has 0 aliphatic heterocycles. The number of Topliss-reactive ketones (excluding diaryl/α,β-unsaturated/α-hetero) is 1. The van der Waals surface area contributed by atoms with Gasteiger partial charge in [0, 0.05) is 24.5 Å². The van der Waals surface area contributed by atoms with Crippen LogP contribution in [-0.2, 0) is 11.8 Å². The molecule has 2 amide bonds. The normalized spacial score (nSPS) is 10.9. The number of rotatable bonds is 4. The molecule has 0 bridgehead atoms. The molecule has 0 aliphatic rings. The number of nitrogens with one attached hydrogen (secondary N) is 2. The molecular formula is C20H21FN4O3. The first-order chi connectivity index (χ1) is 12.9. The molecule has 1 heterocycles. The van der Waals surface area contributed by atoms with E-state index in [-0.39, 0.29) is 22.5 Å². The van der Waals surface area contributed by atoms with Crippen LogP contribution in [0.25, 0.3) is 0 Å². The van der Waals surface area contributed by atoms with Crippen molar-refractivity contribution >= 4 is 23.3 Å². The van der Waals surface area contributed by atoms with Crippen molar-refractivity contribution < 1.29 is 18.8 Å². The van der Waals surface area contributed by atoms with E-state index in [1.807, 2.05) is 0 Å². The fourth-order valence-electron chi connectivity index (χ4n) is 2.73.